The Balaban J connectivity index is 1.62. The molecule has 0 aliphatic carbocycles. The van der Waals surface area contributed by atoms with Gasteiger partial charge in [-0.2, -0.15) is 5.10 Å². The van der Waals surface area contributed by atoms with Gasteiger partial charge in [0, 0.05) is 23.8 Å². The van der Waals surface area contributed by atoms with E-state index in [1.165, 1.54) is 12.1 Å². The Morgan fingerprint density at radius 3 is 2.81 bits per heavy atom. The van der Waals surface area contributed by atoms with Crippen molar-refractivity contribution in [2.45, 2.75) is 6.92 Å². The Morgan fingerprint density at radius 1 is 1.23 bits per heavy atom. The molecule has 1 aromatic heterocycles. The first-order valence-electron chi connectivity index (χ1n) is 7.81. The van der Waals surface area contributed by atoms with E-state index in [4.69, 9.17) is 4.74 Å². The Kier molecular flexibility index (Phi) is 4.93. The molecule has 0 bridgehead atoms. The Bertz CT molecular complexity index is 952. The Labute approximate surface area is 149 Å². The van der Waals surface area contributed by atoms with Crippen molar-refractivity contribution in [2.75, 3.05) is 11.9 Å². The standard InChI is InChI=1S/C18H16N4O4/c1-12-4-2-7-15(8-12)26-11-18(23)19-17-10-16(20-21-17)13-5-3-6-14(9-13)22(24)25/h2-10H,11H2,1H3,(H2,19,20,21,23). The highest BCUT2D eigenvalue weighted by Crippen LogP contribution is 2.23. The highest BCUT2D eigenvalue weighted by atomic mass is 16.6. The monoisotopic (exact) mass is 352 g/mol. The summed E-state index contributed by atoms with van der Waals surface area (Å²) in [5.41, 5.74) is 2.18. The predicted molar refractivity (Wildman–Crippen MR) is 96.0 cm³/mol. The van der Waals surface area contributed by atoms with Crippen molar-refractivity contribution in [1.29, 1.82) is 0 Å². The van der Waals surface area contributed by atoms with E-state index < -0.39 is 4.92 Å². The number of nitro benzene ring substituents is 1. The molecule has 0 radical (unpaired) electrons. The lowest BCUT2D eigenvalue weighted by Crippen LogP contribution is -2.20. The average Bonchev–Trinajstić information content (AvgIpc) is 3.08. The topological polar surface area (TPSA) is 110 Å². The summed E-state index contributed by atoms with van der Waals surface area (Å²) >= 11 is 0. The third-order valence-corrected chi connectivity index (χ3v) is 3.57. The number of hydrogen-bond donors (Lipinski definition) is 2. The fourth-order valence-electron chi connectivity index (χ4n) is 2.35. The molecule has 2 N–H and O–H groups in total. The van der Waals surface area contributed by atoms with E-state index in [-0.39, 0.29) is 18.2 Å². The number of nitro groups is 1. The van der Waals surface area contributed by atoms with Crippen LogP contribution in [0, 0.1) is 17.0 Å². The second-order valence-electron chi connectivity index (χ2n) is 5.63. The van der Waals surface area contributed by atoms with Crippen LogP contribution < -0.4 is 10.1 Å². The van der Waals surface area contributed by atoms with Gasteiger partial charge in [0.05, 0.1) is 10.6 Å². The fourth-order valence-corrected chi connectivity index (χ4v) is 2.35. The number of nitrogens with zero attached hydrogens (tertiary/aromatic N) is 2. The summed E-state index contributed by atoms with van der Waals surface area (Å²) in [7, 11) is 0. The summed E-state index contributed by atoms with van der Waals surface area (Å²) < 4.78 is 5.43. The SMILES string of the molecule is Cc1cccc(OCC(=O)Nc2cc(-c3cccc([N+](=O)[O-])c3)[nH]n2)c1. The molecule has 8 nitrogen and oxygen atoms in total. The molecule has 1 heterocycles. The van der Waals surface area contributed by atoms with Crippen molar-refractivity contribution in [2.24, 2.45) is 0 Å². The maximum atomic E-state index is 12.0. The number of benzene rings is 2. The van der Waals surface area contributed by atoms with Gasteiger partial charge in [-0.1, -0.05) is 24.3 Å². The van der Waals surface area contributed by atoms with Crippen LogP contribution in [0.1, 0.15) is 5.56 Å². The fraction of sp³-hybridized carbons (Fsp3) is 0.111. The van der Waals surface area contributed by atoms with E-state index in [0.29, 0.717) is 22.8 Å². The van der Waals surface area contributed by atoms with Gasteiger partial charge in [0.1, 0.15) is 5.75 Å². The lowest BCUT2D eigenvalue weighted by Gasteiger charge is -2.06. The van der Waals surface area contributed by atoms with Crippen LogP contribution >= 0.6 is 0 Å². The number of aryl methyl sites for hydroxylation is 1. The molecule has 8 heteroatoms. The molecule has 0 aliphatic heterocycles. The first kappa shape index (κ1) is 17.2. The minimum atomic E-state index is -0.467. The molecule has 3 aromatic rings. The molecule has 0 atom stereocenters. The third-order valence-electron chi connectivity index (χ3n) is 3.57. The molecular weight excluding hydrogens is 336 g/mol. The van der Waals surface area contributed by atoms with Gasteiger partial charge in [-0.15, -0.1) is 0 Å². The van der Waals surface area contributed by atoms with Crippen molar-refractivity contribution < 1.29 is 14.5 Å². The van der Waals surface area contributed by atoms with E-state index in [2.05, 4.69) is 15.5 Å². The molecule has 0 fully saturated rings. The van der Waals surface area contributed by atoms with E-state index >= 15 is 0 Å². The molecule has 3 rings (SSSR count). The maximum Gasteiger partial charge on any atom is 0.270 e. The molecule has 26 heavy (non-hydrogen) atoms. The van der Waals surface area contributed by atoms with Crippen LogP contribution in [0.5, 0.6) is 5.75 Å². The molecule has 1 amide bonds. The van der Waals surface area contributed by atoms with Crippen molar-refractivity contribution in [3.8, 4) is 17.0 Å². The molecule has 0 saturated heterocycles. The zero-order valence-corrected chi connectivity index (χ0v) is 13.9. The number of carbonyl (C=O) groups is 1. The summed E-state index contributed by atoms with van der Waals surface area (Å²) in [4.78, 5) is 22.4. The zero-order valence-electron chi connectivity index (χ0n) is 13.9. The number of ether oxygens (including phenoxy) is 1. The highest BCUT2D eigenvalue weighted by Gasteiger charge is 2.11. The number of non-ortho nitro benzene ring substituents is 1. The number of aromatic amines is 1. The minimum Gasteiger partial charge on any atom is -0.484 e. The average molecular weight is 352 g/mol. The van der Waals surface area contributed by atoms with Crippen molar-refractivity contribution in [3.05, 3.63) is 70.3 Å². The number of aromatic nitrogens is 2. The molecule has 0 spiro atoms. The van der Waals surface area contributed by atoms with Crippen LogP contribution in [0.25, 0.3) is 11.3 Å². The minimum absolute atomic E-state index is 0.0192. The number of anilines is 1. The van der Waals surface area contributed by atoms with Gasteiger partial charge in [0.2, 0.25) is 0 Å². The normalized spacial score (nSPS) is 10.3. The van der Waals surface area contributed by atoms with Crippen LogP contribution in [-0.2, 0) is 4.79 Å². The number of carbonyl (C=O) groups excluding carboxylic acids is 1. The van der Waals surface area contributed by atoms with Gasteiger partial charge >= 0.3 is 0 Å². The maximum absolute atomic E-state index is 12.0. The molecule has 0 unspecified atom stereocenters. The largest absolute Gasteiger partial charge is 0.484 e. The molecular formula is C18H16N4O4. The predicted octanol–water partition coefficient (Wildman–Crippen LogP) is 3.31. The Hall–Kier alpha value is -3.68. The van der Waals surface area contributed by atoms with Gasteiger partial charge in [-0.25, -0.2) is 0 Å². The number of H-pyrrole nitrogens is 1. The first-order valence-corrected chi connectivity index (χ1v) is 7.81. The quantitative estimate of drug-likeness (QED) is 0.522. The van der Waals surface area contributed by atoms with Crippen LogP contribution in [0.2, 0.25) is 0 Å². The summed E-state index contributed by atoms with van der Waals surface area (Å²) in [6, 6.07) is 15.1. The van der Waals surface area contributed by atoms with Crippen molar-refractivity contribution in [3.63, 3.8) is 0 Å². The molecule has 2 aromatic carbocycles. The van der Waals surface area contributed by atoms with Gasteiger partial charge in [-0.05, 0) is 24.6 Å². The Morgan fingerprint density at radius 2 is 2.04 bits per heavy atom. The summed E-state index contributed by atoms with van der Waals surface area (Å²) in [5, 5.41) is 20.2. The van der Waals surface area contributed by atoms with Gasteiger partial charge in [0.15, 0.2) is 12.4 Å². The van der Waals surface area contributed by atoms with E-state index in [1.807, 2.05) is 25.1 Å². The van der Waals surface area contributed by atoms with Gasteiger partial charge in [0.25, 0.3) is 11.6 Å². The second kappa shape index (κ2) is 7.47. The smallest absolute Gasteiger partial charge is 0.270 e. The van der Waals surface area contributed by atoms with Crippen LogP contribution in [0.4, 0.5) is 11.5 Å². The number of hydrogen-bond acceptors (Lipinski definition) is 5. The first-order chi connectivity index (χ1) is 12.5. The molecule has 132 valence electrons. The molecule has 0 saturated carbocycles. The van der Waals surface area contributed by atoms with Gasteiger partial charge in [-0.3, -0.25) is 20.0 Å². The summed E-state index contributed by atoms with van der Waals surface area (Å²) in [6.45, 7) is 1.79. The van der Waals surface area contributed by atoms with Crippen LogP contribution in [0.15, 0.2) is 54.6 Å². The van der Waals surface area contributed by atoms with Crippen LogP contribution in [-0.4, -0.2) is 27.6 Å². The van der Waals surface area contributed by atoms with Crippen molar-refractivity contribution in [1.82, 2.24) is 10.2 Å². The van der Waals surface area contributed by atoms with E-state index in [0.717, 1.165) is 5.56 Å². The highest BCUT2D eigenvalue weighted by molar-refractivity contribution is 5.91. The summed E-state index contributed by atoms with van der Waals surface area (Å²) in [6.07, 6.45) is 0. The number of rotatable bonds is 6. The van der Waals surface area contributed by atoms with E-state index in [9.17, 15) is 14.9 Å². The lowest BCUT2D eigenvalue weighted by molar-refractivity contribution is -0.384. The second-order valence-corrected chi connectivity index (χ2v) is 5.63. The van der Waals surface area contributed by atoms with Crippen molar-refractivity contribution >= 4 is 17.4 Å². The zero-order chi connectivity index (χ0) is 18.5. The number of amides is 1. The summed E-state index contributed by atoms with van der Waals surface area (Å²) in [5.74, 6) is 0.562. The van der Waals surface area contributed by atoms with Gasteiger partial charge < -0.3 is 10.1 Å². The van der Waals surface area contributed by atoms with Crippen LogP contribution in [0.3, 0.4) is 0 Å². The van der Waals surface area contributed by atoms with E-state index in [1.54, 1.807) is 24.3 Å². The molecule has 0 aliphatic rings. The number of nitrogens with one attached hydrogen (secondary N) is 2. The lowest BCUT2D eigenvalue weighted by atomic mass is 10.1. The third kappa shape index (κ3) is 4.23.